The Kier molecular flexibility index (Phi) is 2.92. The van der Waals surface area contributed by atoms with Crippen LogP contribution in [0.3, 0.4) is 0 Å². The van der Waals surface area contributed by atoms with Gasteiger partial charge < -0.3 is 4.74 Å². The number of ether oxygens (including phenoxy) is 1. The first-order chi connectivity index (χ1) is 7.89. The maximum Gasteiger partial charge on any atom is 0.333 e. The average molecular weight is 234 g/mol. The van der Waals surface area contributed by atoms with Crippen molar-refractivity contribution in [3.05, 3.63) is 23.3 Å². The van der Waals surface area contributed by atoms with Crippen LogP contribution in [0.15, 0.2) is 23.3 Å². The van der Waals surface area contributed by atoms with E-state index in [4.69, 9.17) is 4.74 Å². The van der Waals surface area contributed by atoms with Crippen LogP contribution in [0.1, 0.15) is 41.0 Å². The first kappa shape index (κ1) is 12.4. The summed E-state index contributed by atoms with van der Waals surface area (Å²) in [4.78, 5) is 11.8. The van der Waals surface area contributed by atoms with Gasteiger partial charge in [-0.05, 0) is 32.6 Å². The first-order valence-electron chi connectivity index (χ1n) is 6.40. The molecule has 0 saturated heterocycles. The Balaban J connectivity index is 2.12. The van der Waals surface area contributed by atoms with Crippen molar-refractivity contribution >= 4 is 5.97 Å². The highest BCUT2D eigenvalue weighted by Crippen LogP contribution is 2.60. The summed E-state index contributed by atoms with van der Waals surface area (Å²) < 4.78 is 5.66. The van der Waals surface area contributed by atoms with Gasteiger partial charge in [0, 0.05) is 17.4 Å². The SMILES string of the molecule is C/C=C(/C)C(=O)O[C@H]1[C@H]2C(C)=CC[C@@H]1C2(C)C. The van der Waals surface area contributed by atoms with Crippen LogP contribution >= 0.6 is 0 Å². The molecule has 0 aromatic rings. The molecule has 17 heavy (non-hydrogen) atoms. The Hall–Kier alpha value is -1.05. The zero-order valence-electron chi connectivity index (χ0n) is 11.4. The zero-order chi connectivity index (χ0) is 12.8. The fourth-order valence-electron chi connectivity index (χ4n) is 3.40. The van der Waals surface area contributed by atoms with Crippen molar-refractivity contribution in [2.75, 3.05) is 0 Å². The molecule has 0 radical (unpaired) electrons. The quantitative estimate of drug-likeness (QED) is 0.415. The van der Waals surface area contributed by atoms with E-state index in [1.54, 1.807) is 0 Å². The molecular formula is C15H22O2. The first-order valence-corrected chi connectivity index (χ1v) is 6.40. The second-order valence-corrected chi connectivity index (χ2v) is 5.93. The van der Waals surface area contributed by atoms with Gasteiger partial charge in [0.25, 0.3) is 0 Å². The predicted octanol–water partition coefficient (Wildman–Crippen LogP) is 3.49. The van der Waals surface area contributed by atoms with Gasteiger partial charge in [0.05, 0.1) is 0 Å². The highest BCUT2D eigenvalue weighted by molar-refractivity contribution is 5.87. The molecule has 2 bridgehead atoms. The third-order valence-electron chi connectivity index (χ3n) is 4.66. The average Bonchev–Trinajstić information content (AvgIpc) is 2.26. The number of carbonyl (C=O) groups is 1. The lowest BCUT2D eigenvalue weighted by Crippen LogP contribution is -2.61. The molecule has 0 heterocycles. The Labute approximate surface area is 104 Å². The summed E-state index contributed by atoms with van der Waals surface area (Å²) in [6.07, 6.45) is 5.25. The molecule has 3 aliphatic rings. The fourth-order valence-corrected chi connectivity index (χ4v) is 3.40. The summed E-state index contributed by atoms with van der Waals surface area (Å²) in [5.74, 6) is 0.748. The molecule has 0 spiro atoms. The minimum absolute atomic E-state index is 0.0948. The number of esters is 1. The highest BCUT2D eigenvalue weighted by Gasteiger charge is 2.60. The van der Waals surface area contributed by atoms with Crippen molar-refractivity contribution in [3.8, 4) is 0 Å². The van der Waals surface area contributed by atoms with Crippen molar-refractivity contribution in [3.63, 3.8) is 0 Å². The molecule has 3 rings (SSSR count). The van der Waals surface area contributed by atoms with Crippen LogP contribution in [0.2, 0.25) is 0 Å². The van der Waals surface area contributed by atoms with Gasteiger partial charge in [0.15, 0.2) is 0 Å². The Morgan fingerprint density at radius 2 is 2.18 bits per heavy atom. The number of fused-ring (bicyclic) bond motifs is 1. The lowest BCUT2D eigenvalue weighted by atomic mass is 9.47. The molecule has 0 aromatic carbocycles. The van der Waals surface area contributed by atoms with Crippen LogP contribution in [0, 0.1) is 17.3 Å². The summed E-state index contributed by atoms with van der Waals surface area (Å²) >= 11 is 0. The van der Waals surface area contributed by atoms with Crippen LogP contribution in [-0.2, 0) is 9.53 Å². The van der Waals surface area contributed by atoms with Gasteiger partial charge in [0.2, 0.25) is 0 Å². The number of rotatable bonds is 2. The molecule has 0 aliphatic heterocycles. The standard InChI is InChI=1S/C15H22O2/c1-6-9(2)14(16)17-13-11-8-7-10(3)12(13)15(11,4)5/h6-7,11-13H,8H2,1-5H3/b9-6-/t11-,12+,13+/m0/s1. The Morgan fingerprint density at radius 1 is 1.53 bits per heavy atom. The zero-order valence-corrected chi connectivity index (χ0v) is 11.4. The van der Waals surface area contributed by atoms with E-state index in [1.807, 2.05) is 19.9 Å². The summed E-state index contributed by atoms with van der Waals surface area (Å²) in [5.41, 5.74) is 2.37. The second-order valence-electron chi connectivity index (χ2n) is 5.93. The molecule has 3 aliphatic carbocycles. The van der Waals surface area contributed by atoms with E-state index in [9.17, 15) is 4.79 Å². The Morgan fingerprint density at radius 3 is 2.65 bits per heavy atom. The van der Waals surface area contributed by atoms with Crippen LogP contribution in [-0.4, -0.2) is 12.1 Å². The van der Waals surface area contributed by atoms with Crippen LogP contribution in [0.25, 0.3) is 0 Å². The predicted molar refractivity (Wildman–Crippen MR) is 68.4 cm³/mol. The lowest BCUT2D eigenvalue weighted by molar-refractivity contribution is -0.188. The van der Waals surface area contributed by atoms with Gasteiger partial charge in [-0.3, -0.25) is 0 Å². The largest absolute Gasteiger partial charge is 0.458 e. The van der Waals surface area contributed by atoms with Crippen molar-refractivity contribution in [1.29, 1.82) is 0 Å². The maximum atomic E-state index is 11.8. The molecule has 3 atom stereocenters. The second kappa shape index (κ2) is 4.01. The maximum absolute atomic E-state index is 11.8. The van der Waals surface area contributed by atoms with Gasteiger partial charge in [-0.15, -0.1) is 0 Å². The molecule has 0 amide bonds. The van der Waals surface area contributed by atoms with Crippen molar-refractivity contribution < 1.29 is 9.53 Å². The summed E-state index contributed by atoms with van der Waals surface area (Å²) in [5, 5.41) is 0. The van der Waals surface area contributed by atoms with Gasteiger partial charge in [0.1, 0.15) is 6.10 Å². The van der Waals surface area contributed by atoms with Crippen molar-refractivity contribution in [2.45, 2.75) is 47.1 Å². The third-order valence-corrected chi connectivity index (χ3v) is 4.66. The van der Waals surface area contributed by atoms with Crippen LogP contribution in [0.4, 0.5) is 0 Å². The van der Waals surface area contributed by atoms with E-state index in [-0.39, 0.29) is 17.5 Å². The van der Waals surface area contributed by atoms with Crippen molar-refractivity contribution in [2.24, 2.45) is 17.3 Å². The van der Waals surface area contributed by atoms with Gasteiger partial charge in [-0.1, -0.05) is 31.6 Å². The minimum Gasteiger partial charge on any atom is -0.458 e. The molecule has 2 heteroatoms. The smallest absolute Gasteiger partial charge is 0.333 e. The number of hydrogen-bond donors (Lipinski definition) is 0. The molecule has 2 nitrogen and oxygen atoms in total. The number of carbonyl (C=O) groups excluding carboxylic acids is 1. The van der Waals surface area contributed by atoms with Gasteiger partial charge >= 0.3 is 5.97 Å². The summed E-state index contributed by atoms with van der Waals surface area (Å²) in [7, 11) is 0. The van der Waals surface area contributed by atoms with E-state index < -0.39 is 0 Å². The fraction of sp³-hybridized carbons (Fsp3) is 0.667. The van der Waals surface area contributed by atoms with Gasteiger partial charge in [-0.25, -0.2) is 4.79 Å². The number of allylic oxidation sites excluding steroid dienone is 2. The van der Waals surface area contributed by atoms with Crippen LogP contribution in [0.5, 0.6) is 0 Å². The van der Waals surface area contributed by atoms with E-state index in [1.165, 1.54) is 5.57 Å². The molecular weight excluding hydrogens is 212 g/mol. The van der Waals surface area contributed by atoms with E-state index >= 15 is 0 Å². The topological polar surface area (TPSA) is 26.3 Å². The van der Waals surface area contributed by atoms with E-state index in [0.717, 1.165) is 6.42 Å². The number of hydrogen-bond acceptors (Lipinski definition) is 2. The summed E-state index contributed by atoms with van der Waals surface area (Å²) in [6, 6.07) is 0. The molecule has 0 N–H and O–H groups in total. The Bertz CT molecular complexity index is 401. The molecule has 0 unspecified atom stereocenters. The molecule has 0 aromatic heterocycles. The third kappa shape index (κ3) is 1.74. The van der Waals surface area contributed by atoms with E-state index in [0.29, 0.717) is 17.4 Å². The normalized spacial score (nSPS) is 34.8. The summed E-state index contributed by atoms with van der Waals surface area (Å²) in [6.45, 7) is 10.4. The highest BCUT2D eigenvalue weighted by atomic mass is 16.5. The monoisotopic (exact) mass is 234 g/mol. The van der Waals surface area contributed by atoms with Gasteiger partial charge in [-0.2, -0.15) is 0 Å². The minimum atomic E-state index is -0.155. The lowest BCUT2D eigenvalue weighted by Gasteiger charge is -2.60. The molecule has 1 saturated carbocycles. The van der Waals surface area contributed by atoms with Crippen LogP contribution < -0.4 is 0 Å². The van der Waals surface area contributed by atoms with Crippen molar-refractivity contribution in [1.82, 2.24) is 0 Å². The molecule has 94 valence electrons. The van der Waals surface area contributed by atoms with E-state index in [2.05, 4.69) is 26.8 Å². The molecule has 1 fully saturated rings.